The highest BCUT2D eigenvalue weighted by Gasteiger charge is 2.50. The van der Waals surface area contributed by atoms with Crippen molar-refractivity contribution in [1.29, 1.82) is 0 Å². The van der Waals surface area contributed by atoms with Gasteiger partial charge in [0.1, 0.15) is 0 Å². The van der Waals surface area contributed by atoms with E-state index in [0.717, 1.165) is 11.7 Å². The molecule has 0 amide bonds. The van der Waals surface area contributed by atoms with Gasteiger partial charge in [0, 0.05) is 24.1 Å². The van der Waals surface area contributed by atoms with Crippen LogP contribution in [-0.4, -0.2) is 23.3 Å². The monoisotopic (exact) mass is 269 g/mol. The van der Waals surface area contributed by atoms with E-state index in [9.17, 15) is 0 Å². The summed E-state index contributed by atoms with van der Waals surface area (Å²) < 4.78 is 12.2. The van der Waals surface area contributed by atoms with Gasteiger partial charge in [-0.05, 0) is 44.7 Å². The Morgan fingerprint density at radius 2 is 1.75 bits per heavy atom. The molecule has 1 saturated heterocycles. The van der Waals surface area contributed by atoms with Gasteiger partial charge in [-0.1, -0.05) is 18.2 Å². The Hall–Kier alpha value is -1.39. The Balaban J connectivity index is 1.88. The first-order chi connectivity index (χ1) is 9.39. The molecular formula is C16H20BNO2. The van der Waals surface area contributed by atoms with Gasteiger partial charge in [-0.2, -0.15) is 0 Å². The van der Waals surface area contributed by atoms with Crippen LogP contribution in [0.4, 0.5) is 0 Å². The zero-order chi connectivity index (χ0) is 14.4. The van der Waals surface area contributed by atoms with Gasteiger partial charge in [-0.3, -0.25) is 4.98 Å². The minimum absolute atomic E-state index is 0.196. The van der Waals surface area contributed by atoms with Gasteiger partial charge in [-0.25, -0.2) is 0 Å². The minimum atomic E-state index is -0.274. The van der Waals surface area contributed by atoms with Crippen LogP contribution >= 0.6 is 0 Å². The number of pyridine rings is 1. The van der Waals surface area contributed by atoms with Crippen LogP contribution < -0.4 is 0 Å². The summed E-state index contributed by atoms with van der Waals surface area (Å²) in [5.41, 5.74) is 0.691. The summed E-state index contributed by atoms with van der Waals surface area (Å²) in [6, 6.07) is 8.32. The van der Waals surface area contributed by atoms with Crippen molar-refractivity contribution in [2.24, 2.45) is 0 Å². The second-order valence-electron chi connectivity index (χ2n) is 6.40. The van der Waals surface area contributed by atoms with Gasteiger partial charge in [0.25, 0.3) is 0 Å². The zero-order valence-corrected chi connectivity index (χ0v) is 12.5. The van der Waals surface area contributed by atoms with Gasteiger partial charge < -0.3 is 9.31 Å². The van der Waals surface area contributed by atoms with E-state index < -0.39 is 0 Å². The molecule has 1 aromatic heterocycles. The average Bonchev–Trinajstić information content (AvgIpc) is 2.58. The summed E-state index contributed by atoms with van der Waals surface area (Å²) in [7, 11) is -0.196. The molecule has 0 unspecified atom stereocenters. The largest absolute Gasteiger partial charge is 0.462 e. The third kappa shape index (κ3) is 2.23. The molecule has 2 aromatic rings. The van der Waals surface area contributed by atoms with Crippen LogP contribution in [0, 0.1) is 0 Å². The van der Waals surface area contributed by atoms with E-state index in [0.29, 0.717) is 0 Å². The highest BCUT2D eigenvalue weighted by molar-refractivity contribution is 6.45. The second-order valence-corrected chi connectivity index (χ2v) is 6.40. The lowest BCUT2D eigenvalue weighted by atomic mass is 9.79. The normalized spacial score (nSPS) is 20.5. The highest BCUT2D eigenvalue weighted by Crippen LogP contribution is 2.37. The summed E-state index contributed by atoms with van der Waals surface area (Å²) in [5, 5.41) is 2.37. The number of hydrogen-bond donors (Lipinski definition) is 0. The maximum Gasteiger partial charge on any atom is 0.462 e. The second kappa shape index (κ2) is 4.57. The molecule has 0 N–H and O–H groups in total. The fourth-order valence-corrected chi connectivity index (χ4v) is 2.60. The maximum atomic E-state index is 6.08. The first-order valence-corrected chi connectivity index (χ1v) is 7.06. The van der Waals surface area contributed by atoms with Crippen LogP contribution in [0.3, 0.4) is 0 Å². The molecule has 0 atom stereocenters. The van der Waals surface area contributed by atoms with Crippen molar-refractivity contribution in [3.05, 3.63) is 42.2 Å². The van der Waals surface area contributed by atoms with Gasteiger partial charge in [0.15, 0.2) is 0 Å². The first kappa shape index (κ1) is 13.6. The minimum Gasteiger partial charge on any atom is -0.403 e. The Morgan fingerprint density at radius 1 is 1.05 bits per heavy atom. The van der Waals surface area contributed by atoms with Crippen molar-refractivity contribution in [1.82, 2.24) is 4.98 Å². The number of fused-ring (bicyclic) bond motifs is 1. The maximum absolute atomic E-state index is 6.08. The highest BCUT2D eigenvalue weighted by atomic mass is 16.7. The molecule has 4 heteroatoms. The molecule has 0 radical (unpaired) electrons. The number of rotatable bonds is 2. The van der Waals surface area contributed by atoms with Crippen LogP contribution in [-0.2, 0) is 15.6 Å². The van der Waals surface area contributed by atoms with Crippen LogP contribution in [0.5, 0.6) is 0 Å². The molecule has 1 aromatic carbocycles. The van der Waals surface area contributed by atoms with Crippen LogP contribution in [0.25, 0.3) is 10.8 Å². The third-order valence-electron chi connectivity index (χ3n) is 4.46. The molecule has 2 heterocycles. The molecule has 104 valence electrons. The van der Waals surface area contributed by atoms with Crippen molar-refractivity contribution < 1.29 is 9.31 Å². The molecule has 0 bridgehead atoms. The van der Waals surface area contributed by atoms with Crippen molar-refractivity contribution >= 4 is 17.9 Å². The lowest BCUT2D eigenvalue weighted by molar-refractivity contribution is 0.00578. The number of aromatic nitrogens is 1. The van der Waals surface area contributed by atoms with E-state index in [1.54, 1.807) is 0 Å². The Morgan fingerprint density at radius 3 is 2.45 bits per heavy atom. The number of nitrogens with zero attached hydrogens (tertiary/aromatic N) is 1. The zero-order valence-electron chi connectivity index (χ0n) is 12.5. The molecule has 0 saturated carbocycles. The van der Waals surface area contributed by atoms with E-state index in [4.69, 9.17) is 9.31 Å². The lowest BCUT2D eigenvalue weighted by Gasteiger charge is -2.32. The number of hydrogen-bond acceptors (Lipinski definition) is 3. The van der Waals surface area contributed by atoms with Crippen LogP contribution in [0.15, 0.2) is 36.7 Å². The van der Waals surface area contributed by atoms with E-state index in [1.807, 2.05) is 12.4 Å². The standard InChI is InChI=1S/C16H20BNO2/c1-15(2)16(3,4)20-17(19-15)10-12-6-5-7-13-11-18-9-8-14(12)13/h5-9,11H,10H2,1-4H3. The van der Waals surface area contributed by atoms with Crippen LogP contribution in [0.2, 0.25) is 0 Å². The Labute approximate surface area is 120 Å². The third-order valence-corrected chi connectivity index (χ3v) is 4.46. The molecule has 0 spiro atoms. The van der Waals surface area contributed by atoms with Gasteiger partial charge >= 0.3 is 7.12 Å². The van der Waals surface area contributed by atoms with E-state index in [1.165, 1.54) is 10.9 Å². The number of benzene rings is 1. The lowest BCUT2D eigenvalue weighted by Crippen LogP contribution is -2.41. The molecule has 1 fully saturated rings. The summed E-state index contributed by atoms with van der Waals surface area (Å²) in [4.78, 5) is 4.17. The molecule has 1 aliphatic rings. The van der Waals surface area contributed by atoms with Crippen molar-refractivity contribution in [2.45, 2.75) is 45.2 Å². The molecular weight excluding hydrogens is 249 g/mol. The van der Waals surface area contributed by atoms with Crippen LogP contribution in [0.1, 0.15) is 33.3 Å². The Bertz CT molecular complexity index is 618. The molecule has 0 aliphatic carbocycles. The fourth-order valence-electron chi connectivity index (χ4n) is 2.60. The quantitative estimate of drug-likeness (QED) is 0.783. The molecule has 20 heavy (non-hydrogen) atoms. The molecule has 3 rings (SSSR count). The van der Waals surface area contributed by atoms with Crippen molar-refractivity contribution in [3.63, 3.8) is 0 Å². The summed E-state index contributed by atoms with van der Waals surface area (Å²) in [6.07, 6.45) is 4.48. The van der Waals surface area contributed by atoms with Gasteiger partial charge in [0.05, 0.1) is 11.2 Å². The summed E-state index contributed by atoms with van der Waals surface area (Å²) >= 11 is 0. The van der Waals surface area contributed by atoms with Gasteiger partial charge in [-0.15, -0.1) is 0 Å². The molecule has 1 aliphatic heterocycles. The summed E-state index contributed by atoms with van der Waals surface area (Å²) in [5.74, 6) is 0. The SMILES string of the molecule is CC1(C)OB(Cc2cccc3cnccc23)OC1(C)C. The molecule has 3 nitrogen and oxygen atoms in total. The smallest absolute Gasteiger partial charge is 0.403 e. The van der Waals surface area contributed by atoms with E-state index in [-0.39, 0.29) is 18.3 Å². The van der Waals surface area contributed by atoms with E-state index in [2.05, 4.69) is 56.9 Å². The van der Waals surface area contributed by atoms with Crippen molar-refractivity contribution in [3.8, 4) is 0 Å². The topological polar surface area (TPSA) is 31.4 Å². The first-order valence-electron chi connectivity index (χ1n) is 7.06. The predicted octanol–water partition coefficient (Wildman–Crippen LogP) is 3.41. The average molecular weight is 269 g/mol. The van der Waals surface area contributed by atoms with E-state index >= 15 is 0 Å². The summed E-state index contributed by atoms with van der Waals surface area (Å²) in [6.45, 7) is 8.33. The van der Waals surface area contributed by atoms with Gasteiger partial charge in [0.2, 0.25) is 0 Å². The predicted molar refractivity (Wildman–Crippen MR) is 81.5 cm³/mol. The fraction of sp³-hybridized carbons (Fsp3) is 0.438. The Kier molecular flexibility index (Phi) is 3.11. The van der Waals surface area contributed by atoms with Crippen molar-refractivity contribution in [2.75, 3.05) is 0 Å².